The molecule has 2 rings (SSSR count). The second-order valence-electron chi connectivity index (χ2n) is 5.54. The maximum atomic E-state index is 13.2. The predicted octanol–water partition coefficient (Wildman–Crippen LogP) is 3.24. The van der Waals surface area contributed by atoms with Crippen LogP contribution in [-0.2, 0) is 5.41 Å². The van der Waals surface area contributed by atoms with Gasteiger partial charge in [-0.2, -0.15) is 0 Å². The Morgan fingerprint density at radius 2 is 1.88 bits per heavy atom. The van der Waals surface area contributed by atoms with Crippen molar-refractivity contribution < 1.29 is 8.78 Å². The summed E-state index contributed by atoms with van der Waals surface area (Å²) in [4.78, 5) is 0. The molecule has 0 aromatic heterocycles. The van der Waals surface area contributed by atoms with Gasteiger partial charge in [-0.3, -0.25) is 0 Å². The zero-order valence-corrected chi connectivity index (χ0v) is 10.6. The van der Waals surface area contributed by atoms with Crippen LogP contribution in [0.2, 0.25) is 0 Å². The minimum Gasteiger partial charge on any atom is -0.314 e. The van der Waals surface area contributed by atoms with Gasteiger partial charge in [0.1, 0.15) is 11.6 Å². The van der Waals surface area contributed by atoms with E-state index in [1.807, 2.05) is 0 Å². The molecule has 1 N–H and O–H groups in total. The second kappa shape index (κ2) is 4.37. The van der Waals surface area contributed by atoms with Crippen LogP contribution in [0.1, 0.15) is 32.8 Å². The van der Waals surface area contributed by atoms with Crippen LogP contribution in [0.25, 0.3) is 0 Å². The normalized spacial score (nSPS) is 27.5. The van der Waals surface area contributed by atoms with Crippen LogP contribution in [0.5, 0.6) is 0 Å². The van der Waals surface area contributed by atoms with Crippen molar-refractivity contribution in [1.82, 2.24) is 5.32 Å². The zero-order valence-electron chi connectivity index (χ0n) is 10.6. The van der Waals surface area contributed by atoms with E-state index >= 15 is 0 Å². The van der Waals surface area contributed by atoms with Gasteiger partial charge in [-0.25, -0.2) is 8.78 Å². The molecule has 0 heterocycles. The summed E-state index contributed by atoms with van der Waals surface area (Å²) >= 11 is 0. The lowest BCUT2D eigenvalue weighted by atomic mass is 9.95. The lowest BCUT2D eigenvalue weighted by Crippen LogP contribution is -2.26. The summed E-state index contributed by atoms with van der Waals surface area (Å²) in [7, 11) is 0. The highest BCUT2D eigenvalue weighted by Crippen LogP contribution is 2.53. The maximum absolute atomic E-state index is 13.2. The average molecular weight is 239 g/mol. The molecule has 1 aromatic rings. The first-order valence-corrected chi connectivity index (χ1v) is 6.12. The monoisotopic (exact) mass is 239 g/mol. The molecule has 1 saturated carbocycles. The third kappa shape index (κ3) is 2.65. The number of hydrogen-bond donors (Lipinski definition) is 1. The Morgan fingerprint density at radius 1 is 1.29 bits per heavy atom. The quantitative estimate of drug-likeness (QED) is 0.850. The van der Waals surface area contributed by atoms with Gasteiger partial charge in [-0.1, -0.05) is 20.8 Å². The topological polar surface area (TPSA) is 12.0 Å². The average Bonchev–Trinajstić information content (AvgIpc) is 2.87. The van der Waals surface area contributed by atoms with Crippen LogP contribution in [0.15, 0.2) is 18.2 Å². The van der Waals surface area contributed by atoms with Gasteiger partial charge in [0.15, 0.2) is 0 Å². The molecule has 0 aliphatic heterocycles. The Kier molecular flexibility index (Phi) is 3.21. The van der Waals surface area contributed by atoms with Gasteiger partial charge in [-0.05, 0) is 42.0 Å². The summed E-state index contributed by atoms with van der Waals surface area (Å²) < 4.78 is 26.3. The number of nitrogens with one attached hydrogen (secondary N) is 1. The minimum absolute atomic E-state index is 0.0647. The molecular weight excluding hydrogens is 220 g/mol. The Balaban J connectivity index is 2.08. The van der Waals surface area contributed by atoms with E-state index in [2.05, 4.69) is 26.1 Å². The third-order valence-electron chi connectivity index (χ3n) is 3.71. The van der Waals surface area contributed by atoms with Crippen molar-refractivity contribution in [2.24, 2.45) is 5.92 Å². The molecule has 0 bridgehead atoms. The molecule has 2 unspecified atom stereocenters. The van der Waals surface area contributed by atoms with Crippen LogP contribution in [0, 0.1) is 17.6 Å². The fourth-order valence-electron chi connectivity index (χ4n) is 2.37. The summed E-state index contributed by atoms with van der Waals surface area (Å²) in [6.45, 7) is 7.18. The van der Waals surface area contributed by atoms with Crippen molar-refractivity contribution in [3.8, 4) is 0 Å². The highest BCUT2D eigenvalue weighted by atomic mass is 19.1. The van der Waals surface area contributed by atoms with Crippen molar-refractivity contribution >= 4 is 0 Å². The molecule has 94 valence electrons. The molecule has 0 radical (unpaired) electrons. The SMILES string of the molecule is CC(C)NCC1CC1(C)c1cc(F)cc(F)c1. The molecular formula is C14H19F2N. The molecule has 1 aromatic carbocycles. The first-order valence-electron chi connectivity index (χ1n) is 6.12. The lowest BCUT2D eigenvalue weighted by molar-refractivity contribution is 0.522. The van der Waals surface area contributed by atoms with Gasteiger partial charge >= 0.3 is 0 Å². The van der Waals surface area contributed by atoms with Crippen molar-refractivity contribution in [3.63, 3.8) is 0 Å². The maximum Gasteiger partial charge on any atom is 0.126 e. The molecule has 0 amide bonds. The standard InChI is InChI=1S/C14H19F2N/c1-9(2)17-8-11-7-14(11,3)10-4-12(15)6-13(16)5-10/h4-6,9,11,17H,7-8H2,1-3H3. The molecule has 1 fully saturated rings. The largest absolute Gasteiger partial charge is 0.314 e. The van der Waals surface area contributed by atoms with Crippen molar-refractivity contribution in [3.05, 3.63) is 35.4 Å². The lowest BCUT2D eigenvalue weighted by Gasteiger charge is -2.14. The summed E-state index contributed by atoms with van der Waals surface area (Å²) in [5.41, 5.74) is 0.718. The molecule has 0 spiro atoms. The first kappa shape index (κ1) is 12.5. The van der Waals surface area contributed by atoms with Crippen LogP contribution in [0.4, 0.5) is 8.78 Å². The number of rotatable bonds is 4. The van der Waals surface area contributed by atoms with Crippen LogP contribution in [-0.4, -0.2) is 12.6 Å². The Bertz CT molecular complexity index is 396. The van der Waals surface area contributed by atoms with Gasteiger partial charge in [0.25, 0.3) is 0 Å². The molecule has 3 heteroatoms. The minimum atomic E-state index is -0.483. The van der Waals surface area contributed by atoms with Crippen molar-refractivity contribution in [2.45, 2.75) is 38.6 Å². The molecule has 0 saturated heterocycles. The molecule has 17 heavy (non-hydrogen) atoms. The summed E-state index contributed by atoms with van der Waals surface area (Å²) in [5.74, 6) is -0.488. The Hall–Kier alpha value is -0.960. The van der Waals surface area contributed by atoms with Crippen molar-refractivity contribution in [1.29, 1.82) is 0 Å². The van der Waals surface area contributed by atoms with E-state index in [1.165, 1.54) is 12.1 Å². The van der Waals surface area contributed by atoms with Crippen LogP contribution < -0.4 is 5.32 Å². The smallest absolute Gasteiger partial charge is 0.126 e. The Labute approximate surface area is 101 Å². The summed E-state index contributed by atoms with van der Waals surface area (Å²) in [5, 5.41) is 3.37. The molecule has 2 atom stereocenters. The van der Waals surface area contributed by atoms with Crippen LogP contribution >= 0.6 is 0 Å². The second-order valence-corrected chi connectivity index (χ2v) is 5.54. The van der Waals surface area contributed by atoms with Gasteiger partial charge in [-0.15, -0.1) is 0 Å². The fourth-order valence-corrected chi connectivity index (χ4v) is 2.37. The number of hydrogen-bond acceptors (Lipinski definition) is 1. The van der Waals surface area contributed by atoms with Gasteiger partial charge in [0.2, 0.25) is 0 Å². The summed E-state index contributed by atoms with van der Waals surface area (Å²) in [6.07, 6.45) is 0.996. The highest BCUT2D eigenvalue weighted by molar-refractivity contribution is 5.33. The fraction of sp³-hybridized carbons (Fsp3) is 0.571. The van der Waals surface area contributed by atoms with E-state index in [0.717, 1.165) is 24.6 Å². The summed E-state index contributed by atoms with van der Waals surface area (Å²) in [6, 6.07) is 4.29. The van der Waals surface area contributed by atoms with E-state index in [4.69, 9.17) is 0 Å². The third-order valence-corrected chi connectivity index (χ3v) is 3.71. The van der Waals surface area contributed by atoms with E-state index in [1.54, 1.807) is 0 Å². The highest BCUT2D eigenvalue weighted by Gasteiger charge is 2.50. The Morgan fingerprint density at radius 3 is 2.41 bits per heavy atom. The predicted molar refractivity (Wildman–Crippen MR) is 65.0 cm³/mol. The number of halogens is 2. The van der Waals surface area contributed by atoms with Gasteiger partial charge in [0.05, 0.1) is 0 Å². The molecule has 1 aliphatic carbocycles. The zero-order chi connectivity index (χ0) is 12.6. The van der Waals surface area contributed by atoms with Crippen LogP contribution in [0.3, 0.4) is 0 Å². The van der Waals surface area contributed by atoms with Gasteiger partial charge < -0.3 is 5.32 Å². The molecule has 1 nitrogen and oxygen atoms in total. The number of benzene rings is 1. The van der Waals surface area contributed by atoms with E-state index in [9.17, 15) is 8.78 Å². The van der Waals surface area contributed by atoms with E-state index in [0.29, 0.717) is 12.0 Å². The van der Waals surface area contributed by atoms with E-state index in [-0.39, 0.29) is 5.41 Å². The first-order chi connectivity index (χ1) is 7.91. The van der Waals surface area contributed by atoms with Crippen molar-refractivity contribution in [2.75, 3.05) is 6.54 Å². The molecule has 1 aliphatic rings. The van der Waals surface area contributed by atoms with E-state index < -0.39 is 11.6 Å². The van der Waals surface area contributed by atoms with Gasteiger partial charge in [0, 0.05) is 12.1 Å².